The van der Waals surface area contributed by atoms with E-state index in [-0.39, 0.29) is 11.1 Å². The Morgan fingerprint density at radius 2 is 1.90 bits per heavy atom. The highest BCUT2D eigenvalue weighted by molar-refractivity contribution is 6.30. The first-order valence-corrected chi connectivity index (χ1v) is 7.12. The highest BCUT2D eigenvalue weighted by Crippen LogP contribution is 2.35. The number of hydrogen-bond acceptors (Lipinski definition) is 2. The van der Waals surface area contributed by atoms with Gasteiger partial charge in [-0.15, -0.1) is 0 Å². The van der Waals surface area contributed by atoms with Crippen LogP contribution < -0.4 is 5.32 Å². The summed E-state index contributed by atoms with van der Waals surface area (Å²) < 4.78 is 38.6. The van der Waals surface area contributed by atoms with E-state index in [9.17, 15) is 13.2 Å². The van der Waals surface area contributed by atoms with Crippen molar-refractivity contribution in [1.29, 1.82) is 0 Å². The molecule has 1 atom stereocenters. The molecule has 1 aliphatic heterocycles. The minimum absolute atomic E-state index is 0.0168. The van der Waals surface area contributed by atoms with E-state index in [4.69, 9.17) is 11.6 Å². The first-order valence-electron chi connectivity index (χ1n) is 6.74. The topological polar surface area (TPSA) is 15.3 Å². The first-order chi connectivity index (χ1) is 9.41. The molecule has 20 heavy (non-hydrogen) atoms. The number of alkyl halides is 3. The van der Waals surface area contributed by atoms with Gasteiger partial charge >= 0.3 is 6.18 Å². The number of piperazine rings is 1. The minimum Gasteiger partial charge on any atom is -0.314 e. The summed E-state index contributed by atoms with van der Waals surface area (Å²) in [5.74, 6) is 0. The SMILES string of the molecule is CC[C@H](c1cc(Cl)cc(C(F)(F)F)c1)N1CCNCC1. The quantitative estimate of drug-likeness (QED) is 0.915. The van der Waals surface area contributed by atoms with Gasteiger partial charge < -0.3 is 5.32 Å². The predicted molar refractivity (Wildman–Crippen MR) is 73.9 cm³/mol. The summed E-state index contributed by atoms with van der Waals surface area (Å²) in [4.78, 5) is 2.21. The lowest BCUT2D eigenvalue weighted by Crippen LogP contribution is -2.45. The van der Waals surface area contributed by atoms with Crippen molar-refractivity contribution in [2.45, 2.75) is 25.6 Å². The number of rotatable bonds is 3. The van der Waals surface area contributed by atoms with E-state index >= 15 is 0 Å². The largest absolute Gasteiger partial charge is 0.416 e. The van der Waals surface area contributed by atoms with Gasteiger partial charge in [0, 0.05) is 37.2 Å². The molecule has 1 aromatic carbocycles. The number of hydrogen-bond donors (Lipinski definition) is 1. The van der Waals surface area contributed by atoms with Gasteiger partial charge in [0.1, 0.15) is 0 Å². The second-order valence-corrected chi connectivity index (χ2v) is 5.42. The minimum atomic E-state index is -4.36. The summed E-state index contributed by atoms with van der Waals surface area (Å²) in [7, 11) is 0. The van der Waals surface area contributed by atoms with Crippen molar-refractivity contribution in [2.75, 3.05) is 26.2 Å². The maximum atomic E-state index is 12.9. The Kier molecular flexibility index (Phi) is 4.94. The van der Waals surface area contributed by atoms with Crippen LogP contribution in [0.1, 0.15) is 30.5 Å². The van der Waals surface area contributed by atoms with Crippen molar-refractivity contribution in [3.63, 3.8) is 0 Å². The standard InChI is InChI=1S/C14H18ClF3N2/c1-2-13(20-5-3-19-4-6-20)10-7-11(14(16,17)18)9-12(15)8-10/h7-9,13,19H,2-6H2,1H3/t13-/m1/s1. The van der Waals surface area contributed by atoms with Gasteiger partial charge in [0.05, 0.1) is 5.56 Å². The lowest BCUT2D eigenvalue weighted by Gasteiger charge is -2.35. The lowest BCUT2D eigenvalue weighted by molar-refractivity contribution is -0.137. The van der Waals surface area contributed by atoms with Gasteiger partial charge in [0.25, 0.3) is 0 Å². The van der Waals surface area contributed by atoms with Crippen molar-refractivity contribution < 1.29 is 13.2 Å². The molecule has 1 aromatic rings. The maximum Gasteiger partial charge on any atom is 0.416 e. The summed E-state index contributed by atoms with van der Waals surface area (Å²) in [6.45, 7) is 5.39. The van der Waals surface area contributed by atoms with Crippen molar-refractivity contribution in [3.05, 3.63) is 34.3 Å². The molecule has 0 saturated carbocycles. The van der Waals surface area contributed by atoms with Crippen LogP contribution in [0.4, 0.5) is 13.2 Å². The Morgan fingerprint density at radius 3 is 2.45 bits per heavy atom. The molecule has 0 unspecified atom stereocenters. The molecule has 1 heterocycles. The van der Waals surface area contributed by atoms with Crippen LogP contribution in [-0.2, 0) is 6.18 Å². The van der Waals surface area contributed by atoms with E-state index in [1.54, 1.807) is 6.07 Å². The van der Waals surface area contributed by atoms with Gasteiger partial charge in [0.2, 0.25) is 0 Å². The van der Waals surface area contributed by atoms with E-state index in [1.165, 1.54) is 6.07 Å². The summed E-state index contributed by atoms with van der Waals surface area (Å²) >= 11 is 5.87. The molecular weight excluding hydrogens is 289 g/mol. The molecule has 0 spiro atoms. The Hall–Kier alpha value is -0.780. The fourth-order valence-corrected chi connectivity index (χ4v) is 2.91. The molecule has 0 amide bonds. The molecule has 6 heteroatoms. The molecular formula is C14H18ClF3N2. The van der Waals surface area contributed by atoms with Crippen molar-refractivity contribution in [3.8, 4) is 0 Å². The van der Waals surface area contributed by atoms with Gasteiger partial charge in [-0.25, -0.2) is 0 Å². The second kappa shape index (κ2) is 6.33. The van der Waals surface area contributed by atoms with Gasteiger partial charge in [0.15, 0.2) is 0 Å². The van der Waals surface area contributed by atoms with E-state index in [2.05, 4.69) is 10.2 Å². The number of nitrogens with one attached hydrogen (secondary N) is 1. The van der Waals surface area contributed by atoms with Gasteiger partial charge in [-0.1, -0.05) is 18.5 Å². The van der Waals surface area contributed by atoms with Crippen LogP contribution in [0.15, 0.2) is 18.2 Å². The molecule has 2 rings (SSSR count). The zero-order valence-corrected chi connectivity index (χ0v) is 12.1. The van der Waals surface area contributed by atoms with Crippen molar-refractivity contribution in [2.24, 2.45) is 0 Å². The van der Waals surface area contributed by atoms with Crippen LogP contribution in [-0.4, -0.2) is 31.1 Å². The average molecular weight is 307 g/mol. The Morgan fingerprint density at radius 1 is 1.25 bits per heavy atom. The van der Waals surface area contributed by atoms with Gasteiger partial charge in [-0.05, 0) is 30.2 Å². The summed E-state index contributed by atoms with van der Waals surface area (Å²) in [6, 6.07) is 3.84. The summed E-state index contributed by atoms with van der Waals surface area (Å²) in [5, 5.41) is 3.39. The molecule has 1 fully saturated rings. The zero-order chi connectivity index (χ0) is 14.8. The molecule has 0 radical (unpaired) electrons. The zero-order valence-electron chi connectivity index (χ0n) is 11.3. The molecule has 0 aliphatic carbocycles. The summed E-state index contributed by atoms with van der Waals surface area (Å²) in [5.41, 5.74) is -0.0252. The van der Waals surface area contributed by atoms with Crippen molar-refractivity contribution >= 4 is 11.6 Å². The number of benzene rings is 1. The number of nitrogens with zero attached hydrogens (tertiary/aromatic N) is 1. The molecule has 0 bridgehead atoms. The monoisotopic (exact) mass is 306 g/mol. The fraction of sp³-hybridized carbons (Fsp3) is 0.571. The number of halogens is 4. The van der Waals surface area contributed by atoms with Crippen molar-refractivity contribution in [1.82, 2.24) is 10.2 Å². The third-order valence-electron chi connectivity index (χ3n) is 3.61. The van der Waals surface area contributed by atoms with E-state index < -0.39 is 11.7 Å². The molecule has 112 valence electrons. The Bertz CT molecular complexity index is 456. The normalized spacial score (nSPS) is 19.1. The average Bonchev–Trinajstić information content (AvgIpc) is 2.39. The van der Waals surface area contributed by atoms with E-state index in [1.807, 2.05) is 6.92 Å². The molecule has 2 nitrogen and oxygen atoms in total. The maximum absolute atomic E-state index is 12.9. The smallest absolute Gasteiger partial charge is 0.314 e. The highest BCUT2D eigenvalue weighted by Gasteiger charge is 2.32. The molecule has 1 saturated heterocycles. The van der Waals surface area contributed by atoms with E-state index in [0.29, 0.717) is 5.56 Å². The van der Waals surface area contributed by atoms with E-state index in [0.717, 1.165) is 38.7 Å². The Balaban J connectivity index is 2.31. The Labute approximate surface area is 121 Å². The molecule has 0 aromatic heterocycles. The van der Waals surface area contributed by atoms with Crippen LogP contribution in [0.25, 0.3) is 0 Å². The summed E-state index contributed by atoms with van der Waals surface area (Å²) in [6.07, 6.45) is -3.60. The van der Waals surface area contributed by atoms with Crippen LogP contribution in [0, 0.1) is 0 Å². The van der Waals surface area contributed by atoms with Crippen LogP contribution >= 0.6 is 11.6 Å². The van der Waals surface area contributed by atoms with Crippen LogP contribution in [0.5, 0.6) is 0 Å². The first kappa shape index (κ1) is 15.6. The van der Waals surface area contributed by atoms with Gasteiger partial charge in [-0.2, -0.15) is 13.2 Å². The van der Waals surface area contributed by atoms with Crippen LogP contribution in [0.2, 0.25) is 5.02 Å². The van der Waals surface area contributed by atoms with Crippen LogP contribution in [0.3, 0.4) is 0 Å². The molecule has 1 N–H and O–H groups in total. The van der Waals surface area contributed by atoms with Gasteiger partial charge in [-0.3, -0.25) is 4.90 Å². The lowest BCUT2D eigenvalue weighted by atomic mass is 9.99. The predicted octanol–water partition coefficient (Wildman–Crippen LogP) is 3.72. The second-order valence-electron chi connectivity index (χ2n) is 4.98. The third kappa shape index (κ3) is 3.65. The fourth-order valence-electron chi connectivity index (χ4n) is 2.67. The highest BCUT2D eigenvalue weighted by atomic mass is 35.5. The molecule has 1 aliphatic rings. The third-order valence-corrected chi connectivity index (χ3v) is 3.83.